The Morgan fingerprint density at radius 2 is 2.04 bits per heavy atom. The molecule has 2 aromatic rings. The number of nitrogens with zero attached hydrogens (tertiary/aromatic N) is 2. The fourth-order valence-electron chi connectivity index (χ4n) is 3.60. The maximum Gasteiger partial charge on any atom is 0.298 e. The highest BCUT2D eigenvalue weighted by molar-refractivity contribution is 6.41. The van der Waals surface area contributed by atoms with Gasteiger partial charge in [0.15, 0.2) is 5.76 Å². The van der Waals surface area contributed by atoms with Crippen LogP contribution in [-0.2, 0) is 11.2 Å². The van der Waals surface area contributed by atoms with Crippen molar-refractivity contribution >= 4 is 23.3 Å². The van der Waals surface area contributed by atoms with E-state index in [1.807, 2.05) is 12.1 Å². The van der Waals surface area contributed by atoms with E-state index in [0.717, 1.165) is 43.9 Å². The second kappa shape index (κ2) is 9.20. The summed E-state index contributed by atoms with van der Waals surface area (Å²) in [6.45, 7) is 3.59. The smallest absolute Gasteiger partial charge is 0.298 e. The monoisotopic (exact) mass is 388 g/mol. The number of likely N-dealkylation sites (N-methyl/N-ethyl adjacent to an activating group) is 1. The number of hydrogen-bond acceptors (Lipinski definition) is 4. The number of benzene rings is 1. The molecule has 2 heterocycles. The Kier molecular flexibility index (Phi) is 6.69. The van der Waals surface area contributed by atoms with Gasteiger partial charge in [-0.15, -0.1) is 0 Å². The number of carbonyl (C=O) groups is 2. The van der Waals surface area contributed by atoms with Gasteiger partial charge in [-0.1, -0.05) is 23.7 Å². The summed E-state index contributed by atoms with van der Waals surface area (Å²) in [4.78, 5) is 28.4. The van der Waals surface area contributed by atoms with E-state index in [2.05, 4.69) is 17.0 Å². The van der Waals surface area contributed by atoms with Crippen molar-refractivity contribution in [3.05, 3.63) is 59.0 Å². The summed E-state index contributed by atoms with van der Waals surface area (Å²) >= 11 is 5.94. The number of piperidine rings is 1. The number of carbonyl (C=O) groups excluding carboxylic acids is 2. The van der Waals surface area contributed by atoms with Crippen molar-refractivity contribution in [2.45, 2.75) is 19.3 Å². The van der Waals surface area contributed by atoms with Crippen molar-refractivity contribution in [3.8, 4) is 0 Å². The summed E-state index contributed by atoms with van der Waals surface area (Å²) in [7, 11) is 1.69. The quantitative estimate of drug-likeness (QED) is 0.538. The van der Waals surface area contributed by atoms with Crippen LogP contribution in [0.2, 0.25) is 5.02 Å². The molecule has 6 heteroatoms. The van der Waals surface area contributed by atoms with Gasteiger partial charge < -0.3 is 14.2 Å². The number of likely N-dealkylation sites (tertiary alicyclic amines) is 1. The summed E-state index contributed by atoms with van der Waals surface area (Å²) in [6, 6.07) is 11.1. The van der Waals surface area contributed by atoms with Gasteiger partial charge in [0, 0.05) is 31.7 Å². The molecule has 1 aromatic heterocycles. The van der Waals surface area contributed by atoms with Crippen LogP contribution in [0.5, 0.6) is 0 Å². The molecule has 1 aromatic carbocycles. The van der Waals surface area contributed by atoms with E-state index in [-0.39, 0.29) is 5.76 Å². The van der Waals surface area contributed by atoms with Crippen LogP contribution in [0, 0.1) is 5.92 Å². The van der Waals surface area contributed by atoms with Crippen LogP contribution in [0.15, 0.2) is 47.1 Å². The lowest BCUT2D eigenvalue weighted by atomic mass is 9.97. The van der Waals surface area contributed by atoms with E-state index in [9.17, 15) is 9.59 Å². The molecule has 0 bridgehead atoms. The zero-order chi connectivity index (χ0) is 19.2. The second-order valence-corrected chi connectivity index (χ2v) is 7.61. The number of hydrogen-bond donors (Lipinski definition) is 0. The Morgan fingerprint density at radius 1 is 1.26 bits per heavy atom. The fraction of sp³-hybridized carbons (Fsp3) is 0.429. The van der Waals surface area contributed by atoms with Gasteiger partial charge in [-0.25, -0.2) is 0 Å². The van der Waals surface area contributed by atoms with E-state index >= 15 is 0 Å². The molecule has 144 valence electrons. The Hall–Kier alpha value is -2.11. The van der Waals surface area contributed by atoms with Gasteiger partial charge in [-0.3, -0.25) is 9.59 Å². The Balaban J connectivity index is 1.48. The average Bonchev–Trinajstić information content (AvgIpc) is 3.21. The predicted molar refractivity (Wildman–Crippen MR) is 105 cm³/mol. The molecule has 0 spiro atoms. The van der Waals surface area contributed by atoms with Gasteiger partial charge in [0.05, 0.1) is 6.26 Å². The van der Waals surface area contributed by atoms with Crippen molar-refractivity contribution in [2.75, 3.05) is 33.2 Å². The molecule has 1 fully saturated rings. The molecule has 0 radical (unpaired) electrons. The molecule has 1 amide bonds. The molecule has 1 saturated heterocycles. The van der Waals surface area contributed by atoms with Gasteiger partial charge in [0.1, 0.15) is 0 Å². The number of ketones is 1. The summed E-state index contributed by atoms with van der Waals surface area (Å²) in [5.74, 6) is -0.622. The molecular weight excluding hydrogens is 364 g/mol. The van der Waals surface area contributed by atoms with Gasteiger partial charge >= 0.3 is 0 Å². The lowest BCUT2D eigenvalue weighted by Crippen LogP contribution is -2.43. The Morgan fingerprint density at radius 3 is 2.74 bits per heavy atom. The predicted octanol–water partition coefficient (Wildman–Crippen LogP) is 3.53. The van der Waals surface area contributed by atoms with Crippen LogP contribution in [0.3, 0.4) is 0 Å². The maximum absolute atomic E-state index is 12.3. The van der Waals surface area contributed by atoms with Crippen molar-refractivity contribution in [1.29, 1.82) is 0 Å². The zero-order valence-corrected chi connectivity index (χ0v) is 16.3. The molecule has 27 heavy (non-hydrogen) atoms. The molecule has 1 aliphatic rings. The van der Waals surface area contributed by atoms with Crippen LogP contribution in [0.1, 0.15) is 29.0 Å². The van der Waals surface area contributed by atoms with Gasteiger partial charge in [0.2, 0.25) is 0 Å². The van der Waals surface area contributed by atoms with Crippen LogP contribution in [-0.4, -0.2) is 54.7 Å². The van der Waals surface area contributed by atoms with Gasteiger partial charge in [-0.05, 0) is 61.6 Å². The minimum atomic E-state index is -0.585. The second-order valence-electron chi connectivity index (χ2n) is 7.18. The van der Waals surface area contributed by atoms with Crippen LogP contribution >= 0.6 is 11.6 Å². The number of amides is 1. The topological polar surface area (TPSA) is 53.8 Å². The van der Waals surface area contributed by atoms with E-state index in [1.54, 1.807) is 13.1 Å². The van der Waals surface area contributed by atoms with Gasteiger partial charge in [0.25, 0.3) is 11.7 Å². The summed E-state index contributed by atoms with van der Waals surface area (Å²) in [5.41, 5.74) is 1.28. The first-order valence-electron chi connectivity index (χ1n) is 9.33. The molecule has 5 nitrogen and oxygen atoms in total. The van der Waals surface area contributed by atoms with E-state index in [0.29, 0.717) is 12.5 Å². The number of rotatable bonds is 7. The zero-order valence-electron chi connectivity index (χ0n) is 15.6. The fourth-order valence-corrected chi connectivity index (χ4v) is 3.72. The maximum atomic E-state index is 12.3. The third-order valence-corrected chi connectivity index (χ3v) is 5.30. The molecule has 0 N–H and O–H groups in total. The minimum Gasteiger partial charge on any atom is -0.461 e. The Bertz CT molecular complexity index is 758. The largest absolute Gasteiger partial charge is 0.461 e. The average molecular weight is 389 g/mol. The number of furan rings is 1. The summed E-state index contributed by atoms with van der Waals surface area (Å²) in [5, 5.41) is 0.758. The molecule has 0 saturated carbocycles. The van der Waals surface area contributed by atoms with E-state index < -0.39 is 11.7 Å². The van der Waals surface area contributed by atoms with Crippen LogP contribution < -0.4 is 0 Å². The van der Waals surface area contributed by atoms with Gasteiger partial charge in [-0.2, -0.15) is 0 Å². The molecule has 1 atom stereocenters. The van der Waals surface area contributed by atoms with E-state index in [1.165, 1.54) is 22.8 Å². The van der Waals surface area contributed by atoms with Crippen LogP contribution in [0.4, 0.5) is 0 Å². The molecule has 1 aliphatic heterocycles. The standard InChI is InChI=1S/C21H25ClN2O3/c1-23(21(26)20(25)19-5-3-13-27-19)14-17-4-2-11-24(15-17)12-10-16-6-8-18(22)9-7-16/h3,5-9,13,17H,2,4,10-12,14-15H2,1H3/t17-/m1/s1. The lowest BCUT2D eigenvalue weighted by Gasteiger charge is -2.34. The highest BCUT2D eigenvalue weighted by Crippen LogP contribution is 2.19. The first-order chi connectivity index (χ1) is 13.0. The van der Waals surface area contributed by atoms with Crippen LogP contribution in [0.25, 0.3) is 0 Å². The van der Waals surface area contributed by atoms with Crippen molar-refractivity contribution in [3.63, 3.8) is 0 Å². The van der Waals surface area contributed by atoms with Crippen molar-refractivity contribution in [2.24, 2.45) is 5.92 Å². The highest BCUT2D eigenvalue weighted by Gasteiger charge is 2.27. The molecule has 0 aliphatic carbocycles. The SMILES string of the molecule is CN(C[C@H]1CCCN(CCc2ccc(Cl)cc2)C1)C(=O)C(=O)c1ccco1. The third-order valence-electron chi connectivity index (χ3n) is 5.05. The Labute approximate surface area is 164 Å². The first-order valence-corrected chi connectivity index (χ1v) is 9.71. The molecule has 0 unspecified atom stereocenters. The summed E-state index contributed by atoms with van der Waals surface area (Å²) < 4.78 is 5.04. The van der Waals surface area contributed by atoms with Crippen molar-refractivity contribution < 1.29 is 14.0 Å². The third kappa shape index (κ3) is 5.44. The molecular formula is C21H25ClN2O3. The lowest BCUT2D eigenvalue weighted by molar-refractivity contribution is -0.126. The number of halogens is 1. The normalized spacial score (nSPS) is 17.6. The minimum absolute atomic E-state index is 0.0973. The summed E-state index contributed by atoms with van der Waals surface area (Å²) in [6.07, 6.45) is 4.57. The highest BCUT2D eigenvalue weighted by atomic mass is 35.5. The van der Waals surface area contributed by atoms with E-state index in [4.69, 9.17) is 16.0 Å². The molecule has 3 rings (SSSR count). The number of Topliss-reactive ketones (excluding diaryl/α,β-unsaturated/α-hetero) is 1. The van der Waals surface area contributed by atoms with Crippen molar-refractivity contribution in [1.82, 2.24) is 9.80 Å². The first kappa shape index (κ1) is 19.6.